The van der Waals surface area contributed by atoms with Crippen LogP contribution in [0.3, 0.4) is 0 Å². The molecule has 1 atom stereocenters. The van der Waals surface area contributed by atoms with Gasteiger partial charge in [-0.25, -0.2) is 33.1 Å². The van der Waals surface area contributed by atoms with Gasteiger partial charge in [-0.05, 0) is 37.6 Å². The van der Waals surface area contributed by atoms with E-state index in [1.807, 2.05) is 5.01 Å². The molecule has 5 aromatic rings. The number of fused-ring (bicyclic) bond motifs is 2. The standard InChI is InChI=1S/C26H24ClF2N9O/c1-13-6-7-15(21(29)20(13)28)22-19-23(30)32-12-33-25(19)37(35-22)14(2)24-34-17-5-3-4-16(27)18(17)26(39)38(24)36-10-8-31-9-11-36/h3-7,12,14,31H,8-11H2,1-2H3,(H2,30,32,33). The predicted molar refractivity (Wildman–Crippen MR) is 145 cm³/mol. The van der Waals surface area contributed by atoms with Gasteiger partial charge in [0.05, 0.1) is 21.3 Å². The Morgan fingerprint density at radius 2 is 1.85 bits per heavy atom. The van der Waals surface area contributed by atoms with Gasteiger partial charge in [0.1, 0.15) is 23.9 Å². The van der Waals surface area contributed by atoms with Gasteiger partial charge in [0.2, 0.25) is 0 Å². The van der Waals surface area contributed by atoms with E-state index in [2.05, 4.69) is 20.4 Å². The molecule has 0 amide bonds. The van der Waals surface area contributed by atoms with E-state index in [-0.39, 0.29) is 39.2 Å². The van der Waals surface area contributed by atoms with Crippen LogP contribution >= 0.6 is 11.6 Å². The zero-order valence-corrected chi connectivity index (χ0v) is 21.9. The molecule has 13 heteroatoms. The van der Waals surface area contributed by atoms with E-state index in [1.165, 1.54) is 34.7 Å². The smallest absolute Gasteiger partial charge is 0.281 e. The Morgan fingerprint density at radius 3 is 2.62 bits per heavy atom. The first kappa shape index (κ1) is 25.1. The number of nitrogens with one attached hydrogen (secondary N) is 1. The van der Waals surface area contributed by atoms with Gasteiger partial charge >= 0.3 is 0 Å². The Bertz CT molecular complexity index is 1810. The summed E-state index contributed by atoms with van der Waals surface area (Å²) in [6.45, 7) is 5.76. The first-order valence-corrected chi connectivity index (χ1v) is 12.8. The lowest BCUT2D eigenvalue weighted by atomic mass is 10.1. The summed E-state index contributed by atoms with van der Waals surface area (Å²) in [5.74, 6) is -1.58. The number of nitrogens with zero attached hydrogens (tertiary/aromatic N) is 7. The van der Waals surface area contributed by atoms with Gasteiger partial charge in [0.15, 0.2) is 23.1 Å². The van der Waals surface area contributed by atoms with E-state index in [1.54, 1.807) is 25.1 Å². The second-order valence-corrected chi connectivity index (χ2v) is 9.82. The molecule has 1 saturated heterocycles. The van der Waals surface area contributed by atoms with Crippen LogP contribution < -0.4 is 21.6 Å². The average molecular weight is 552 g/mol. The molecule has 39 heavy (non-hydrogen) atoms. The maximum atomic E-state index is 15.1. The zero-order chi connectivity index (χ0) is 27.4. The molecule has 2 aromatic carbocycles. The van der Waals surface area contributed by atoms with Crippen LogP contribution in [0.25, 0.3) is 33.2 Å². The highest BCUT2D eigenvalue weighted by molar-refractivity contribution is 6.35. The quantitative estimate of drug-likeness (QED) is 0.349. The van der Waals surface area contributed by atoms with Gasteiger partial charge in [-0.1, -0.05) is 23.7 Å². The van der Waals surface area contributed by atoms with Gasteiger partial charge in [0, 0.05) is 31.7 Å². The maximum absolute atomic E-state index is 15.1. The third-order valence-corrected chi connectivity index (χ3v) is 7.33. The molecule has 1 aliphatic heterocycles. The number of nitrogen functional groups attached to an aromatic ring is 1. The van der Waals surface area contributed by atoms with Crippen LogP contribution in [0.1, 0.15) is 24.4 Å². The van der Waals surface area contributed by atoms with E-state index in [0.717, 1.165) is 0 Å². The summed E-state index contributed by atoms with van der Waals surface area (Å²) >= 11 is 6.43. The van der Waals surface area contributed by atoms with E-state index < -0.39 is 17.7 Å². The first-order valence-electron chi connectivity index (χ1n) is 12.4. The largest absolute Gasteiger partial charge is 0.383 e. The number of hydrogen-bond donors (Lipinski definition) is 2. The molecule has 0 radical (unpaired) electrons. The number of benzene rings is 2. The molecule has 4 heterocycles. The third kappa shape index (κ3) is 3.98. The van der Waals surface area contributed by atoms with Crippen LogP contribution in [0, 0.1) is 18.6 Å². The van der Waals surface area contributed by atoms with Gasteiger partial charge in [-0.2, -0.15) is 5.10 Å². The fourth-order valence-electron chi connectivity index (χ4n) is 4.99. The van der Waals surface area contributed by atoms with Crippen LogP contribution in [0.4, 0.5) is 14.6 Å². The topological polar surface area (TPSA) is 120 Å². The van der Waals surface area contributed by atoms with Crippen molar-refractivity contribution in [1.82, 2.24) is 34.7 Å². The van der Waals surface area contributed by atoms with Crippen molar-refractivity contribution in [2.75, 3.05) is 36.9 Å². The van der Waals surface area contributed by atoms with Gasteiger partial charge in [-0.15, -0.1) is 0 Å². The molecule has 10 nitrogen and oxygen atoms in total. The lowest BCUT2D eigenvalue weighted by Crippen LogP contribution is -2.54. The lowest BCUT2D eigenvalue weighted by molar-refractivity contribution is 0.437. The van der Waals surface area contributed by atoms with Crippen LogP contribution in [0.5, 0.6) is 0 Å². The monoisotopic (exact) mass is 551 g/mol. The number of rotatable bonds is 4. The molecule has 200 valence electrons. The summed E-state index contributed by atoms with van der Waals surface area (Å²) in [5, 5.41) is 10.7. The molecular weight excluding hydrogens is 528 g/mol. The van der Waals surface area contributed by atoms with E-state index in [4.69, 9.17) is 22.3 Å². The van der Waals surface area contributed by atoms with E-state index in [9.17, 15) is 9.18 Å². The molecular formula is C26H24ClF2N9O. The zero-order valence-electron chi connectivity index (χ0n) is 21.1. The van der Waals surface area contributed by atoms with Crippen molar-refractivity contribution < 1.29 is 8.78 Å². The number of hydrogen-bond acceptors (Lipinski definition) is 8. The molecule has 6 rings (SSSR count). The number of aromatic nitrogens is 6. The summed E-state index contributed by atoms with van der Waals surface area (Å²) in [6, 6.07) is 7.34. The van der Waals surface area contributed by atoms with E-state index in [0.29, 0.717) is 47.9 Å². The minimum atomic E-state index is -1.05. The lowest BCUT2D eigenvalue weighted by Gasteiger charge is -2.33. The van der Waals surface area contributed by atoms with Crippen LogP contribution in [0.2, 0.25) is 5.02 Å². The molecule has 1 unspecified atom stereocenters. The van der Waals surface area contributed by atoms with Crippen molar-refractivity contribution in [1.29, 1.82) is 0 Å². The second-order valence-electron chi connectivity index (χ2n) is 9.41. The molecule has 3 N–H and O–H groups in total. The molecule has 0 saturated carbocycles. The fourth-order valence-corrected chi connectivity index (χ4v) is 5.24. The molecule has 0 aliphatic carbocycles. The summed E-state index contributed by atoms with van der Waals surface area (Å²) in [6.07, 6.45) is 1.27. The van der Waals surface area contributed by atoms with Crippen molar-refractivity contribution in [2.45, 2.75) is 19.9 Å². The van der Waals surface area contributed by atoms with Gasteiger partial charge in [0.25, 0.3) is 5.56 Å². The number of piperazine rings is 1. The average Bonchev–Trinajstić information content (AvgIpc) is 3.32. The Balaban J connectivity index is 1.62. The normalized spacial score (nSPS) is 14.8. The Morgan fingerprint density at radius 1 is 1.08 bits per heavy atom. The SMILES string of the molecule is Cc1ccc(-c2nn(C(C)c3nc4cccc(Cl)c4c(=O)n3N3CCNCC3)c3ncnc(N)c23)c(F)c1F. The predicted octanol–water partition coefficient (Wildman–Crippen LogP) is 3.18. The van der Waals surface area contributed by atoms with Crippen LogP contribution in [-0.4, -0.2) is 55.6 Å². The molecule has 1 aliphatic rings. The van der Waals surface area contributed by atoms with Crippen LogP contribution in [-0.2, 0) is 0 Å². The highest BCUT2D eigenvalue weighted by Gasteiger charge is 2.29. The van der Waals surface area contributed by atoms with Crippen molar-refractivity contribution >= 4 is 39.4 Å². The summed E-state index contributed by atoms with van der Waals surface area (Å²) in [4.78, 5) is 27.2. The van der Waals surface area contributed by atoms with Crippen molar-refractivity contribution in [2.24, 2.45) is 0 Å². The number of aryl methyl sites for hydroxylation is 1. The highest BCUT2D eigenvalue weighted by Crippen LogP contribution is 2.35. The number of nitrogens with two attached hydrogens (primary N) is 1. The fraction of sp³-hybridized carbons (Fsp3) is 0.269. The summed E-state index contributed by atoms with van der Waals surface area (Å²) in [7, 11) is 0. The Labute approximate surface area is 226 Å². The summed E-state index contributed by atoms with van der Waals surface area (Å²) in [5.41, 5.74) is 6.79. The molecule has 3 aromatic heterocycles. The van der Waals surface area contributed by atoms with Gasteiger partial charge in [-0.3, -0.25) is 4.79 Å². The van der Waals surface area contributed by atoms with Gasteiger partial charge < -0.3 is 16.1 Å². The summed E-state index contributed by atoms with van der Waals surface area (Å²) < 4.78 is 32.7. The maximum Gasteiger partial charge on any atom is 0.281 e. The highest BCUT2D eigenvalue weighted by atomic mass is 35.5. The Hall–Kier alpha value is -4.16. The minimum absolute atomic E-state index is 0.0616. The van der Waals surface area contributed by atoms with E-state index >= 15 is 4.39 Å². The first-order chi connectivity index (χ1) is 18.8. The van der Waals surface area contributed by atoms with Crippen LogP contribution in [0.15, 0.2) is 41.5 Å². The molecule has 0 bridgehead atoms. The molecule has 0 spiro atoms. The van der Waals surface area contributed by atoms with Crippen molar-refractivity contribution in [3.8, 4) is 11.3 Å². The third-order valence-electron chi connectivity index (χ3n) is 7.02. The number of anilines is 1. The molecule has 1 fully saturated rings. The van der Waals surface area contributed by atoms with Crippen molar-refractivity contribution in [3.63, 3.8) is 0 Å². The number of halogens is 3. The minimum Gasteiger partial charge on any atom is -0.383 e. The van der Waals surface area contributed by atoms with Crippen molar-refractivity contribution in [3.05, 3.63) is 75.1 Å². The Kier molecular flexibility index (Phi) is 6.15. The second kappa shape index (κ2) is 9.54.